The summed E-state index contributed by atoms with van der Waals surface area (Å²) < 4.78 is 12.8. The summed E-state index contributed by atoms with van der Waals surface area (Å²) in [6.45, 7) is 6.11. The Bertz CT molecular complexity index is 1120. The Balaban J connectivity index is 1.55. The lowest BCUT2D eigenvalue weighted by Gasteiger charge is -2.10. The van der Waals surface area contributed by atoms with Crippen molar-refractivity contribution in [2.45, 2.75) is 31.2 Å². The summed E-state index contributed by atoms with van der Waals surface area (Å²) in [6.07, 6.45) is 0. The molecule has 0 fully saturated rings. The largest absolute Gasteiger partial charge is 0.497 e. The van der Waals surface area contributed by atoms with Crippen LogP contribution in [-0.2, 0) is 0 Å². The van der Waals surface area contributed by atoms with Crippen molar-refractivity contribution in [2.24, 2.45) is 0 Å². The van der Waals surface area contributed by atoms with Crippen molar-refractivity contribution in [3.8, 4) is 22.9 Å². The fraction of sp³-hybridized carbons (Fsp3) is 0.250. The molecule has 0 N–H and O–H groups in total. The first-order valence-corrected chi connectivity index (χ1v) is 9.94. The highest BCUT2D eigenvalue weighted by Gasteiger charge is 2.21. The zero-order valence-corrected chi connectivity index (χ0v) is 17.3. The van der Waals surface area contributed by atoms with Crippen LogP contribution in [0.4, 0.5) is 0 Å². The molecule has 0 saturated carbocycles. The molecule has 9 heteroatoms. The molecule has 2 aromatic heterocycles. The number of methoxy groups -OCH3 is 1. The molecule has 0 aliphatic rings. The van der Waals surface area contributed by atoms with Crippen LogP contribution in [0, 0.1) is 13.8 Å². The Morgan fingerprint density at radius 3 is 2.59 bits per heavy atom. The first-order valence-electron chi connectivity index (χ1n) is 9.06. The molecular weight excluding hydrogens is 388 g/mol. The first kappa shape index (κ1) is 19.1. The third-order valence-electron chi connectivity index (χ3n) is 4.65. The molecule has 0 spiro atoms. The minimum absolute atomic E-state index is 0.121. The number of aromatic nitrogens is 6. The summed E-state index contributed by atoms with van der Waals surface area (Å²) in [5, 5.41) is 21.1. The van der Waals surface area contributed by atoms with Crippen molar-refractivity contribution in [1.82, 2.24) is 30.4 Å². The second-order valence-corrected chi connectivity index (χ2v) is 7.83. The van der Waals surface area contributed by atoms with Gasteiger partial charge in [0.2, 0.25) is 16.9 Å². The Morgan fingerprint density at radius 2 is 1.83 bits per heavy atom. The molecule has 0 bridgehead atoms. The van der Waals surface area contributed by atoms with Crippen molar-refractivity contribution in [2.75, 3.05) is 7.11 Å². The quantitative estimate of drug-likeness (QED) is 0.439. The molecule has 0 unspecified atom stereocenters. The van der Waals surface area contributed by atoms with Gasteiger partial charge in [-0.3, -0.25) is 0 Å². The Hall–Kier alpha value is -3.20. The molecule has 0 aliphatic carbocycles. The number of aryl methyl sites for hydroxylation is 1. The van der Waals surface area contributed by atoms with E-state index in [4.69, 9.17) is 9.15 Å². The molecule has 148 valence electrons. The lowest BCUT2D eigenvalue weighted by Crippen LogP contribution is -2.03. The molecule has 0 radical (unpaired) electrons. The van der Waals surface area contributed by atoms with Gasteiger partial charge < -0.3 is 9.15 Å². The van der Waals surface area contributed by atoms with Gasteiger partial charge in [0, 0.05) is 5.56 Å². The average Bonchev–Trinajstić information content (AvgIpc) is 3.40. The molecule has 4 aromatic rings. The van der Waals surface area contributed by atoms with Crippen LogP contribution in [0.15, 0.2) is 52.0 Å². The topological polar surface area (TPSA) is 91.8 Å². The number of tetrazole rings is 1. The van der Waals surface area contributed by atoms with Gasteiger partial charge in [0.25, 0.3) is 0 Å². The summed E-state index contributed by atoms with van der Waals surface area (Å²) in [7, 11) is 1.63. The number of hydrogen-bond donors (Lipinski definition) is 0. The Morgan fingerprint density at radius 1 is 1.03 bits per heavy atom. The predicted molar refractivity (Wildman–Crippen MR) is 109 cm³/mol. The summed E-state index contributed by atoms with van der Waals surface area (Å²) in [5.74, 6) is 1.75. The van der Waals surface area contributed by atoms with Crippen molar-refractivity contribution >= 4 is 11.8 Å². The van der Waals surface area contributed by atoms with E-state index in [1.165, 1.54) is 17.3 Å². The lowest BCUT2D eigenvalue weighted by atomic mass is 10.1. The van der Waals surface area contributed by atoms with Gasteiger partial charge in [-0.2, -0.15) is 4.68 Å². The van der Waals surface area contributed by atoms with Crippen LogP contribution >= 0.6 is 11.8 Å². The maximum absolute atomic E-state index is 5.88. The van der Waals surface area contributed by atoms with Crippen LogP contribution in [0.5, 0.6) is 5.75 Å². The maximum atomic E-state index is 5.88. The lowest BCUT2D eigenvalue weighted by molar-refractivity contribution is 0.415. The molecule has 0 saturated heterocycles. The molecule has 4 rings (SSSR count). The number of hydrogen-bond acceptors (Lipinski definition) is 8. The fourth-order valence-corrected chi connectivity index (χ4v) is 3.66. The van der Waals surface area contributed by atoms with Gasteiger partial charge in [-0.05, 0) is 72.7 Å². The molecule has 8 nitrogen and oxygen atoms in total. The normalized spacial score (nSPS) is 12.1. The second-order valence-electron chi connectivity index (χ2n) is 6.53. The number of nitrogens with zero attached hydrogens (tertiary/aromatic N) is 6. The van der Waals surface area contributed by atoms with E-state index in [9.17, 15) is 0 Å². The molecule has 1 atom stereocenters. The number of benzene rings is 2. The smallest absolute Gasteiger partial charge is 0.247 e. The van der Waals surface area contributed by atoms with Gasteiger partial charge >= 0.3 is 0 Å². The van der Waals surface area contributed by atoms with E-state index in [0.717, 1.165) is 22.6 Å². The van der Waals surface area contributed by atoms with E-state index < -0.39 is 0 Å². The summed E-state index contributed by atoms with van der Waals surface area (Å²) >= 11 is 1.46. The van der Waals surface area contributed by atoms with Gasteiger partial charge in [0.1, 0.15) is 5.75 Å². The van der Waals surface area contributed by atoms with Crippen LogP contribution in [0.2, 0.25) is 0 Å². The summed E-state index contributed by atoms with van der Waals surface area (Å²) in [4.78, 5) is 0. The van der Waals surface area contributed by atoms with Crippen LogP contribution in [0.25, 0.3) is 17.1 Å². The van der Waals surface area contributed by atoms with Crippen LogP contribution in [-0.4, -0.2) is 37.5 Å². The fourth-order valence-electron chi connectivity index (χ4n) is 2.83. The molecule has 2 aromatic carbocycles. The maximum Gasteiger partial charge on any atom is 0.247 e. The van der Waals surface area contributed by atoms with E-state index in [1.54, 1.807) is 11.8 Å². The average molecular weight is 408 g/mol. The van der Waals surface area contributed by atoms with Crippen LogP contribution in [0.1, 0.15) is 29.2 Å². The zero-order chi connectivity index (χ0) is 20.4. The van der Waals surface area contributed by atoms with E-state index >= 15 is 0 Å². The van der Waals surface area contributed by atoms with Crippen LogP contribution in [0.3, 0.4) is 0 Å². The summed E-state index contributed by atoms with van der Waals surface area (Å²) in [6, 6.07) is 13.5. The highest BCUT2D eigenvalue weighted by atomic mass is 32.2. The predicted octanol–water partition coefficient (Wildman–Crippen LogP) is 4.19. The third kappa shape index (κ3) is 3.86. The highest BCUT2D eigenvalue weighted by Crippen LogP contribution is 2.35. The van der Waals surface area contributed by atoms with Crippen molar-refractivity contribution in [3.63, 3.8) is 0 Å². The van der Waals surface area contributed by atoms with Gasteiger partial charge in [0.15, 0.2) is 0 Å². The minimum atomic E-state index is -0.121. The summed E-state index contributed by atoms with van der Waals surface area (Å²) in [5.41, 5.74) is 4.10. The number of thioether (sulfide) groups is 1. The van der Waals surface area contributed by atoms with Crippen molar-refractivity contribution < 1.29 is 9.15 Å². The van der Waals surface area contributed by atoms with Gasteiger partial charge in [-0.15, -0.1) is 15.3 Å². The van der Waals surface area contributed by atoms with E-state index in [1.807, 2.05) is 43.3 Å². The monoisotopic (exact) mass is 408 g/mol. The SMILES string of the molecule is COc1ccc(-c2nnc([C@@H](C)Sc3nnnn3-c3cccc(C)c3C)o2)cc1. The van der Waals surface area contributed by atoms with Crippen molar-refractivity contribution in [1.29, 1.82) is 0 Å². The molecule has 2 heterocycles. The molecular formula is C20H20N6O2S. The molecule has 0 amide bonds. The Labute approximate surface area is 172 Å². The standard InChI is InChI=1S/C20H20N6O2S/c1-12-6-5-7-17(13(12)2)26-20(23-24-25-26)29-14(3)18-21-22-19(28-18)15-8-10-16(27-4)11-9-15/h5-11,14H,1-4H3/t14-/m1/s1. The van der Waals surface area contributed by atoms with Gasteiger partial charge in [-0.25, -0.2) is 0 Å². The Kier molecular flexibility index (Phi) is 5.30. The van der Waals surface area contributed by atoms with E-state index in [-0.39, 0.29) is 5.25 Å². The van der Waals surface area contributed by atoms with Gasteiger partial charge in [-0.1, -0.05) is 23.9 Å². The first-order chi connectivity index (χ1) is 14.1. The van der Waals surface area contributed by atoms with Crippen LogP contribution < -0.4 is 4.74 Å². The second kappa shape index (κ2) is 8.04. The minimum Gasteiger partial charge on any atom is -0.497 e. The van der Waals surface area contributed by atoms with Crippen molar-refractivity contribution in [3.05, 3.63) is 59.5 Å². The number of ether oxygens (including phenoxy) is 1. The van der Waals surface area contributed by atoms with E-state index in [2.05, 4.69) is 45.6 Å². The van der Waals surface area contributed by atoms with E-state index in [0.29, 0.717) is 16.9 Å². The highest BCUT2D eigenvalue weighted by molar-refractivity contribution is 7.99. The third-order valence-corrected chi connectivity index (χ3v) is 5.67. The molecule has 29 heavy (non-hydrogen) atoms. The zero-order valence-electron chi connectivity index (χ0n) is 16.5. The molecule has 0 aliphatic heterocycles. The van der Waals surface area contributed by atoms with Gasteiger partial charge in [0.05, 0.1) is 18.0 Å². The number of rotatable bonds is 6.